The fourth-order valence-corrected chi connectivity index (χ4v) is 2.17. The van der Waals surface area contributed by atoms with Gasteiger partial charge in [-0.25, -0.2) is 4.39 Å². The average molecular weight is 336 g/mol. The van der Waals surface area contributed by atoms with Crippen molar-refractivity contribution in [2.45, 2.75) is 26.3 Å². The van der Waals surface area contributed by atoms with Crippen LogP contribution < -0.4 is 10.1 Å². The molecule has 0 aliphatic carbocycles. The van der Waals surface area contributed by atoms with Crippen LogP contribution in [0.4, 0.5) is 4.39 Å². The number of halogens is 2. The molecule has 1 N–H and O–H groups in total. The Morgan fingerprint density at radius 1 is 1.26 bits per heavy atom. The fourth-order valence-electron chi connectivity index (χ4n) is 2.05. The number of hydrogen-bond donors (Lipinski definition) is 1. The van der Waals surface area contributed by atoms with Crippen molar-refractivity contribution in [2.75, 3.05) is 6.61 Å². The number of benzene rings is 2. The molecule has 2 rings (SSSR count). The van der Waals surface area contributed by atoms with Crippen molar-refractivity contribution >= 4 is 17.5 Å². The normalized spacial score (nSPS) is 10.4. The quantitative estimate of drug-likeness (QED) is 0.768. The zero-order valence-electron chi connectivity index (χ0n) is 12.9. The molecule has 0 saturated carbocycles. The number of amides is 1. The Kier molecular flexibility index (Phi) is 6.41. The van der Waals surface area contributed by atoms with Crippen LogP contribution in [0.2, 0.25) is 5.02 Å². The van der Waals surface area contributed by atoms with E-state index in [1.807, 2.05) is 13.0 Å². The van der Waals surface area contributed by atoms with Crippen LogP contribution >= 0.6 is 11.6 Å². The van der Waals surface area contributed by atoms with Crippen molar-refractivity contribution in [3.63, 3.8) is 0 Å². The summed E-state index contributed by atoms with van der Waals surface area (Å²) in [6.45, 7) is 2.54. The predicted molar refractivity (Wildman–Crippen MR) is 89.2 cm³/mol. The fraction of sp³-hybridized carbons (Fsp3) is 0.278. The van der Waals surface area contributed by atoms with Gasteiger partial charge in [0.25, 0.3) is 0 Å². The van der Waals surface area contributed by atoms with E-state index < -0.39 is 0 Å². The molecule has 0 radical (unpaired) electrons. The Labute approximate surface area is 140 Å². The zero-order valence-corrected chi connectivity index (χ0v) is 13.7. The summed E-state index contributed by atoms with van der Waals surface area (Å²) in [5.74, 6) is 0.303. The van der Waals surface area contributed by atoms with Crippen LogP contribution in [0.5, 0.6) is 5.75 Å². The lowest BCUT2D eigenvalue weighted by atomic mass is 10.2. The van der Waals surface area contributed by atoms with E-state index in [1.54, 1.807) is 30.3 Å². The van der Waals surface area contributed by atoms with Gasteiger partial charge in [0, 0.05) is 23.6 Å². The van der Waals surface area contributed by atoms with Crippen molar-refractivity contribution in [2.24, 2.45) is 0 Å². The third-order valence-corrected chi connectivity index (χ3v) is 3.80. The van der Waals surface area contributed by atoms with Gasteiger partial charge in [0.05, 0.1) is 6.61 Å². The molecule has 122 valence electrons. The molecule has 0 saturated heterocycles. The molecule has 0 aromatic heterocycles. The van der Waals surface area contributed by atoms with Gasteiger partial charge in [0.2, 0.25) is 5.91 Å². The van der Waals surface area contributed by atoms with E-state index in [2.05, 4.69) is 5.32 Å². The van der Waals surface area contributed by atoms with Crippen LogP contribution in [0.15, 0.2) is 42.5 Å². The third-order valence-electron chi connectivity index (χ3n) is 3.38. The molecular weight excluding hydrogens is 317 g/mol. The average Bonchev–Trinajstić information content (AvgIpc) is 2.54. The first-order valence-corrected chi connectivity index (χ1v) is 7.83. The first-order valence-electron chi connectivity index (χ1n) is 7.45. The molecule has 2 aromatic carbocycles. The standard InChI is InChI=1S/C18H19ClFNO2/c1-13-11-15(8-9-16(13)19)23-10-4-7-18(22)21-12-14-5-2-3-6-17(14)20/h2-3,5-6,8-9,11H,4,7,10,12H2,1H3,(H,21,22). The molecule has 3 nitrogen and oxygen atoms in total. The number of carbonyl (C=O) groups excluding carboxylic acids is 1. The van der Waals surface area contributed by atoms with Crippen molar-refractivity contribution in [1.29, 1.82) is 0 Å². The molecule has 0 unspecified atom stereocenters. The maximum Gasteiger partial charge on any atom is 0.220 e. The number of carbonyl (C=O) groups is 1. The zero-order chi connectivity index (χ0) is 16.7. The van der Waals surface area contributed by atoms with Gasteiger partial charge in [0.1, 0.15) is 11.6 Å². The molecule has 23 heavy (non-hydrogen) atoms. The van der Waals surface area contributed by atoms with Gasteiger partial charge in [0.15, 0.2) is 0 Å². The van der Waals surface area contributed by atoms with Gasteiger partial charge < -0.3 is 10.1 Å². The highest BCUT2D eigenvalue weighted by Gasteiger charge is 2.05. The van der Waals surface area contributed by atoms with E-state index >= 15 is 0 Å². The van der Waals surface area contributed by atoms with Crippen LogP contribution in [-0.2, 0) is 11.3 Å². The maximum atomic E-state index is 13.4. The van der Waals surface area contributed by atoms with E-state index in [0.29, 0.717) is 30.0 Å². The summed E-state index contributed by atoms with van der Waals surface area (Å²) in [6, 6.07) is 11.8. The van der Waals surface area contributed by atoms with Crippen LogP contribution in [0, 0.1) is 12.7 Å². The Morgan fingerprint density at radius 2 is 2.04 bits per heavy atom. The van der Waals surface area contributed by atoms with Gasteiger partial charge in [-0.05, 0) is 43.2 Å². The van der Waals surface area contributed by atoms with E-state index in [9.17, 15) is 9.18 Å². The first kappa shape index (κ1) is 17.3. The Hall–Kier alpha value is -2.07. The minimum absolute atomic E-state index is 0.121. The summed E-state index contributed by atoms with van der Waals surface area (Å²) >= 11 is 5.94. The summed E-state index contributed by atoms with van der Waals surface area (Å²) in [7, 11) is 0. The minimum atomic E-state index is -0.311. The van der Waals surface area contributed by atoms with Crippen molar-refractivity contribution in [1.82, 2.24) is 5.32 Å². The van der Waals surface area contributed by atoms with Gasteiger partial charge in [-0.1, -0.05) is 29.8 Å². The molecule has 2 aromatic rings. The third kappa shape index (κ3) is 5.57. The van der Waals surface area contributed by atoms with Crippen LogP contribution in [-0.4, -0.2) is 12.5 Å². The summed E-state index contributed by atoms with van der Waals surface area (Å²) in [4.78, 5) is 11.7. The molecule has 0 bridgehead atoms. The number of rotatable bonds is 7. The lowest BCUT2D eigenvalue weighted by Gasteiger charge is -2.08. The van der Waals surface area contributed by atoms with Gasteiger partial charge in [-0.15, -0.1) is 0 Å². The van der Waals surface area contributed by atoms with E-state index in [1.165, 1.54) is 6.07 Å². The molecule has 0 atom stereocenters. The monoisotopic (exact) mass is 335 g/mol. The van der Waals surface area contributed by atoms with Crippen LogP contribution in [0.1, 0.15) is 24.0 Å². The predicted octanol–water partition coefficient (Wildman–Crippen LogP) is 4.26. The highest BCUT2D eigenvalue weighted by atomic mass is 35.5. The van der Waals surface area contributed by atoms with Gasteiger partial charge in [-0.2, -0.15) is 0 Å². The smallest absolute Gasteiger partial charge is 0.220 e. The number of hydrogen-bond acceptors (Lipinski definition) is 2. The van der Waals surface area contributed by atoms with Gasteiger partial charge in [-0.3, -0.25) is 4.79 Å². The Balaban J connectivity index is 1.67. The Morgan fingerprint density at radius 3 is 2.78 bits per heavy atom. The summed E-state index contributed by atoms with van der Waals surface area (Å²) in [5, 5.41) is 3.40. The lowest BCUT2D eigenvalue weighted by molar-refractivity contribution is -0.121. The highest BCUT2D eigenvalue weighted by molar-refractivity contribution is 6.31. The van der Waals surface area contributed by atoms with Crippen molar-refractivity contribution in [3.8, 4) is 5.75 Å². The lowest BCUT2D eigenvalue weighted by Crippen LogP contribution is -2.23. The highest BCUT2D eigenvalue weighted by Crippen LogP contribution is 2.21. The summed E-state index contributed by atoms with van der Waals surface area (Å²) in [6.07, 6.45) is 0.922. The second kappa shape index (κ2) is 8.53. The van der Waals surface area contributed by atoms with Crippen molar-refractivity contribution in [3.05, 3.63) is 64.4 Å². The second-order valence-electron chi connectivity index (χ2n) is 5.23. The molecule has 0 heterocycles. The molecule has 0 aliphatic rings. The molecular formula is C18H19ClFNO2. The first-order chi connectivity index (χ1) is 11.1. The SMILES string of the molecule is Cc1cc(OCCCC(=O)NCc2ccccc2F)ccc1Cl. The molecule has 1 amide bonds. The number of aryl methyl sites for hydroxylation is 1. The Bertz CT molecular complexity index is 676. The molecule has 0 spiro atoms. The maximum absolute atomic E-state index is 13.4. The topological polar surface area (TPSA) is 38.3 Å². The van der Waals surface area contributed by atoms with E-state index in [-0.39, 0.29) is 18.3 Å². The van der Waals surface area contributed by atoms with E-state index in [0.717, 1.165) is 11.3 Å². The van der Waals surface area contributed by atoms with E-state index in [4.69, 9.17) is 16.3 Å². The minimum Gasteiger partial charge on any atom is -0.494 e. The second-order valence-corrected chi connectivity index (χ2v) is 5.64. The summed E-state index contributed by atoms with van der Waals surface area (Å²) < 4.78 is 19.0. The molecule has 0 aliphatic heterocycles. The van der Waals surface area contributed by atoms with Crippen LogP contribution in [0.25, 0.3) is 0 Å². The van der Waals surface area contributed by atoms with Gasteiger partial charge >= 0.3 is 0 Å². The molecule has 0 fully saturated rings. The van der Waals surface area contributed by atoms with Crippen LogP contribution in [0.3, 0.4) is 0 Å². The summed E-state index contributed by atoms with van der Waals surface area (Å²) in [5.41, 5.74) is 1.43. The van der Waals surface area contributed by atoms with Crippen molar-refractivity contribution < 1.29 is 13.9 Å². The largest absolute Gasteiger partial charge is 0.494 e. The molecule has 5 heteroatoms. The number of ether oxygens (including phenoxy) is 1. The number of nitrogens with one attached hydrogen (secondary N) is 1.